The van der Waals surface area contributed by atoms with Gasteiger partial charge in [-0.25, -0.2) is 13.5 Å². The van der Waals surface area contributed by atoms with Crippen LogP contribution < -0.4 is 5.49 Å². The molecule has 1 aliphatic rings. The largest absolute Gasteiger partial charge is 0.395 e. The Morgan fingerprint density at radius 1 is 1.30 bits per heavy atom. The molecular weight excluding hydrogens is 390 g/mol. The molecule has 30 heavy (non-hydrogen) atoms. The lowest BCUT2D eigenvalue weighted by molar-refractivity contribution is 0.134. The molecule has 9 heteroatoms. The van der Waals surface area contributed by atoms with E-state index >= 15 is 0 Å². The van der Waals surface area contributed by atoms with Gasteiger partial charge in [0.2, 0.25) is 0 Å². The molecule has 4 rings (SSSR count). The molecule has 0 radical (unpaired) electrons. The molecule has 2 heterocycles. The first-order valence-corrected chi connectivity index (χ1v) is 9.55. The molecule has 7 nitrogen and oxygen atoms in total. The lowest BCUT2D eigenvalue weighted by Crippen LogP contribution is -2.31. The van der Waals surface area contributed by atoms with Crippen molar-refractivity contribution >= 4 is 22.5 Å². The maximum absolute atomic E-state index is 14.8. The molecule has 3 aromatic rings. The van der Waals surface area contributed by atoms with Crippen LogP contribution in [0.25, 0.3) is 10.9 Å². The van der Waals surface area contributed by atoms with Crippen LogP contribution in [0.1, 0.15) is 31.0 Å². The van der Waals surface area contributed by atoms with Crippen molar-refractivity contribution < 1.29 is 13.6 Å². The maximum atomic E-state index is 14.8. The zero-order chi connectivity index (χ0) is 21.3. The summed E-state index contributed by atoms with van der Waals surface area (Å²) in [5.41, 5.74) is 0.757. The predicted molar refractivity (Wildman–Crippen MR) is 107 cm³/mol. The summed E-state index contributed by atoms with van der Waals surface area (Å²) in [4.78, 5) is 9.26. The summed E-state index contributed by atoms with van der Waals surface area (Å²) in [7, 11) is 0. The Bertz CT molecular complexity index is 1220. The van der Waals surface area contributed by atoms with E-state index in [1.165, 1.54) is 18.3 Å². The minimum Gasteiger partial charge on any atom is -0.395 e. The number of fused-ring (bicyclic) bond motifs is 1. The fourth-order valence-electron chi connectivity index (χ4n) is 2.99. The maximum Gasteiger partial charge on any atom is 0.148 e. The quantitative estimate of drug-likeness (QED) is 0.370. The van der Waals surface area contributed by atoms with Gasteiger partial charge in [-0.2, -0.15) is 5.10 Å². The molecule has 1 aromatic carbocycles. The Morgan fingerprint density at radius 3 is 2.87 bits per heavy atom. The van der Waals surface area contributed by atoms with E-state index < -0.39 is 11.6 Å². The van der Waals surface area contributed by atoms with Crippen molar-refractivity contribution in [1.29, 1.82) is 10.8 Å². The summed E-state index contributed by atoms with van der Waals surface area (Å²) in [6.07, 6.45) is 3.38. The number of oxime groups is 1. The zero-order valence-corrected chi connectivity index (χ0v) is 16.3. The van der Waals surface area contributed by atoms with E-state index in [0.717, 1.165) is 23.6 Å². The number of nitrogens with one attached hydrogen (secondary N) is 2. The fraction of sp³-hybridized carbons (Fsp3) is 0.286. The van der Waals surface area contributed by atoms with Gasteiger partial charge in [0.15, 0.2) is 0 Å². The van der Waals surface area contributed by atoms with Gasteiger partial charge in [0.05, 0.1) is 5.52 Å². The monoisotopic (exact) mass is 410 g/mol. The second-order valence-electron chi connectivity index (χ2n) is 7.28. The average molecular weight is 410 g/mol. The minimum absolute atomic E-state index is 0.0845. The van der Waals surface area contributed by atoms with Crippen molar-refractivity contribution in [2.24, 2.45) is 11.1 Å². The van der Waals surface area contributed by atoms with Crippen molar-refractivity contribution in [3.63, 3.8) is 0 Å². The summed E-state index contributed by atoms with van der Waals surface area (Å²) in [5, 5.41) is 24.8. The summed E-state index contributed by atoms with van der Waals surface area (Å²) in [6, 6.07) is 7.26. The molecule has 0 saturated heterocycles. The molecule has 0 spiro atoms. The van der Waals surface area contributed by atoms with Gasteiger partial charge in [-0.3, -0.25) is 15.8 Å². The van der Waals surface area contributed by atoms with Crippen LogP contribution in [0.15, 0.2) is 41.7 Å². The molecule has 0 aliphatic heterocycles. The molecule has 0 atom stereocenters. The van der Waals surface area contributed by atoms with Crippen LogP contribution in [0, 0.1) is 28.4 Å². The van der Waals surface area contributed by atoms with Gasteiger partial charge in [-0.1, -0.05) is 5.16 Å². The van der Waals surface area contributed by atoms with Gasteiger partial charge in [0.25, 0.3) is 0 Å². The van der Waals surface area contributed by atoms with Gasteiger partial charge in [-0.15, -0.1) is 0 Å². The Kier molecular flexibility index (Phi) is 5.35. The van der Waals surface area contributed by atoms with Gasteiger partial charge >= 0.3 is 0 Å². The number of hydrogen-bond donors (Lipinski definition) is 2. The van der Waals surface area contributed by atoms with E-state index in [1.807, 2.05) is 0 Å². The van der Waals surface area contributed by atoms with Crippen LogP contribution >= 0.6 is 0 Å². The molecular formula is C21H20F2N6O. The molecule has 2 aromatic heterocycles. The summed E-state index contributed by atoms with van der Waals surface area (Å²) in [6.45, 7) is 2.27. The van der Waals surface area contributed by atoms with E-state index in [1.54, 1.807) is 19.1 Å². The second-order valence-corrected chi connectivity index (χ2v) is 7.28. The van der Waals surface area contributed by atoms with Crippen LogP contribution in [0.2, 0.25) is 0 Å². The highest BCUT2D eigenvalue weighted by Gasteiger charge is 2.22. The standard InChI is InChI=1S/C21H20F2N6O/c1-12(28-30-11-13-4-5-13)17-6-7-19(24)29(27-17)20(25)9-15-16(22)10-18-14(21(15)23)3-2-8-26-18/h2-3,6-8,10,13,24-25H,4-5,9,11H2,1H3/b24-19?,25-20?,28-12+. The molecule has 2 N–H and O–H groups in total. The van der Waals surface area contributed by atoms with Crippen LogP contribution in [0.4, 0.5) is 8.78 Å². The second kappa shape index (κ2) is 8.10. The van der Waals surface area contributed by atoms with Gasteiger partial charge in [0, 0.05) is 29.6 Å². The van der Waals surface area contributed by atoms with E-state index in [0.29, 0.717) is 23.9 Å². The summed E-state index contributed by atoms with van der Waals surface area (Å²) in [5.74, 6) is -1.24. The normalized spacial score (nSPS) is 14.2. The first kappa shape index (κ1) is 19.8. The van der Waals surface area contributed by atoms with E-state index in [-0.39, 0.29) is 34.2 Å². The van der Waals surface area contributed by atoms with Crippen LogP contribution in [-0.4, -0.2) is 32.9 Å². The zero-order valence-electron chi connectivity index (χ0n) is 16.3. The summed E-state index contributed by atoms with van der Waals surface area (Å²) < 4.78 is 30.3. The van der Waals surface area contributed by atoms with Gasteiger partial charge in [0.1, 0.15) is 41.0 Å². The van der Waals surface area contributed by atoms with Crippen molar-refractivity contribution in [2.75, 3.05) is 6.61 Å². The van der Waals surface area contributed by atoms with Crippen LogP contribution in [0.3, 0.4) is 0 Å². The Hall–Kier alpha value is -3.49. The first-order chi connectivity index (χ1) is 14.4. The highest BCUT2D eigenvalue weighted by Crippen LogP contribution is 2.28. The first-order valence-electron chi connectivity index (χ1n) is 9.55. The van der Waals surface area contributed by atoms with Crippen LogP contribution in [0.5, 0.6) is 0 Å². The molecule has 1 saturated carbocycles. The van der Waals surface area contributed by atoms with E-state index in [9.17, 15) is 8.78 Å². The Morgan fingerprint density at radius 2 is 2.10 bits per heavy atom. The molecule has 1 fully saturated rings. The number of nitrogens with zero attached hydrogens (tertiary/aromatic N) is 4. The van der Waals surface area contributed by atoms with Crippen molar-refractivity contribution in [3.05, 3.63) is 64.9 Å². The van der Waals surface area contributed by atoms with Crippen molar-refractivity contribution in [1.82, 2.24) is 14.8 Å². The van der Waals surface area contributed by atoms with Gasteiger partial charge < -0.3 is 4.84 Å². The minimum atomic E-state index is -0.794. The fourth-order valence-corrected chi connectivity index (χ4v) is 2.99. The van der Waals surface area contributed by atoms with Gasteiger partial charge in [-0.05, 0) is 49.9 Å². The number of rotatable bonds is 6. The highest BCUT2D eigenvalue weighted by atomic mass is 19.1. The number of benzene rings is 1. The lowest BCUT2D eigenvalue weighted by Gasteiger charge is -2.12. The van der Waals surface area contributed by atoms with Crippen molar-refractivity contribution in [2.45, 2.75) is 26.2 Å². The lowest BCUT2D eigenvalue weighted by atomic mass is 10.1. The Labute approximate surface area is 171 Å². The molecule has 0 bridgehead atoms. The van der Waals surface area contributed by atoms with E-state index in [4.69, 9.17) is 15.7 Å². The van der Waals surface area contributed by atoms with E-state index in [2.05, 4.69) is 15.2 Å². The number of hydrogen-bond acceptors (Lipinski definition) is 6. The Balaban J connectivity index is 1.60. The predicted octanol–water partition coefficient (Wildman–Crippen LogP) is 3.41. The molecule has 1 aliphatic carbocycles. The highest BCUT2D eigenvalue weighted by molar-refractivity contribution is 5.96. The average Bonchev–Trinajstić information content (AvgIpc) is 3.55. The summed E-state index contributed by atoms with van der Waals surface area (Å²) >= 11 is 0. The van der Waals surface area contributed by atoms with Crippen LogP contribution in [-0.2, 0) is 11.3 Å². The third kappa shape index (κ3) is 4.10. The molecule has 0 unspecified atom stereocenters. The smallest absolute Gasteiger partial charge is 0.148 e. The van der Waals surface area contributed by atoms with Crippen molar-refractivity contribution in [3.8, 4) is 0 Å². The third-order valence-corrected chi connectivity index (χ3v) is 4.91. The molecule has 154 valence electrons. The SMILES string of the molecule is C/C(=N\OCC1CC1)c1ccc(=N)n(C(=N)Cc2c(F)cc3ncccc3c2F)n1. The third-order valence-electron chi connectivity index (χ3n) is 4.91. The number of pyridine rings is 1. The number of halogens is 2. The topological polar surface area (TPSA) is 100 Å². The molecule has 0 amide bonds. The number of aromatic nitrogens is 3.